The molecule has 0 bridgehead atoms. The Bertz CT molecular complexity index is 256. The van der Waals surface area contributed by atoms with Crippen molar-refractivity contribution in [1.82, 2.24) is 20.4 Å². The first kappa shape index (κ1) is 6.10. The van der Waals surface area contributed by atoms with Crippen LogP contribution in [0.2, 0.25) is 0 Å². The van der Waals surface area contributed by atoms with E-state index in [1.54, 1.807) is 0 Å². The lowest BCUT2D eigenvalue weighted by Gasteiger charge is -1.99. The van der Waals surface area contributed by atoms with Crippen LogP contribution in [-0.4, -0.2) is 46.6 Å². The van der Waals surface area contributed by atoms with Crippen molar-refractivity contribution in [3.63, 3.8) is 0 Å². The van der Waals surface area contributed by atoms with Gasteiger partial charge in [-0.15, -0.1) is 20.4 Å². The third kappa shape index (κ3) is 0.956. The highest BCUT2D eigenvalue weighted by molar-refractivity contribution is 5.39. The maximum atomic E-state index is 3.96. The van der Waals surface area contributed by atoms with Gasteiger partial charge in [0.2, 0.25) is 0 Å². The topological polar surface area (TPSA) is 57.6 Å². The lowest BCUT2D eigenvalue weighted by Crippen LogP contribution is -2.06. The Labute approximate surface area is 69.2 Å². The highest BCUT2D eigenvalue weighted by atomic mass is 15.5. The number of anilines is 2. The fourth-order valence-electron chi connectivity index (χ4n) is 0.972. The molecular formula is C6H8N6. The van der Waals surface area contributed by atoms with Crippen LogP contribution >= 0.6 is 0 Å². The molecule has 6 nitrogen and oxygen atoms in total. The average Bonchev–Trinajstić information content (AvgIpc) is 2.98. The van der Waals surface area contributed by atoms with Crippen LogP contribution in [0, 0.1) is 0 Å². The van der Waals surface area contributed by atoms with Crippen LogP contribution < -0.4 is 9.80 Å². The first-order valence-corrected chi connectivity index (χ1v) is 4.01. The summed E-state index contributed by atoms with van der Waals surface area (Å²) < 4.78 is 0. The molecule has 3 heterocycles. The summed E-state index contributed by atoms with van der Waals surface area (Å²) in [6.45, 7) is 4.14. The summed E-state index contributed by atoms with van der Waals surface area (Å²) in [6, 6.07) is 0. The molecule has 0 amide bonds. The Morgan fingerprint density at radius 2 is 1.00 bits per heavy atom. The third-order valence-corrected chi connectivity index (χ3v) is 1.92. The van der Waals surface area contributed by atoms with Crippen molar-refractivity contribution in [2.75, 3.05) is 36.0 Å². The fraction of sp³-hybridized carbons (Fsp3) is 0.667. The SMILES string of the molecule is C1CN1c1nnc(N2CC2)nn1. The van der Waals surface area contributed by atoms with Crippen LogP contribution in [-0.2, 0) is 0 Å². The van der Waals surface area contributed by atoms with E-state index < -0.39 is 0 Å². The Morgan fingerprint density at radius 1 is 0.667 bits per heavy atom. The summed E-state index contributed by atoms with van der Waals surface area (Å²) in [7, 11) is 0. The molecule has 6 heteroatoms. The molecule has 2 saturated heterocycles. The van der Waals surface area contributed by atoms with Gasteiger partial charge < -0.3 is 9.80 Å². The predicted octanol–water partition coefficient (Wildman–Crippen LogP) is -1.09. The van der Waals surface area contributed by atoms with Gasteiger partial charge in [-0.25, -0.2) is 0 Å². The number of nitrogens with zero attached hydrogens (tertiary/aromatic N) is 6. The highest BCUT2D eigenvalue weighted by Gasteiger charge is 2.25. The highest BCUT2D eigenvalue weighted by Crippen LogP contribution is 2.16. The lowest BCUT2D eigenvalue weighted by molar-refractivity contribution is 0.842. The Hall–Kier alpha value is -1.46. The van der Waals surface area contributed by atoms with Crippen molar-refractivity contribution in [3.8, 4) is 0 Å². The van der Waals surface area contributed by atoms with E-state index in [1.165, 1.54) is 0 Å². The Morgan fingerprint density at radius 3 is 1.25 bits per heavy atom. The van der Waals surface area contributed by atoms with E-state index >= 15 is 0 Å². The van der Waals surface area contributed by atoms with Crippen LogP contribution in [0.15, 0.2) is 0 Å². The summed E-state index contributed by atoms with van der Waals surface area (Å²) in [5, 5.41) is 15.9. The van der Waals surface area contributed by atoms with Gasteiger partial charge >= 0.3 is 0 Å². The molecule has 1 aromatic heterocycles. The zero-order chi connectivity index (χ0) is 7.97. The van der Waals surface area contributed by atoms with Gasteiger partial charge in [-0.1, -0.05) is 0 Å². The van der Waals surface area contributed by atoms with Gasteiger partial charge in [-0.2, -0.15) is 0 Å². The first-order valence-electron chi connectivity index (χ1n) is 4.01. The molecule has 2 aliphatic rings. The zero-order valence-electron chi connectivity index (χ0n) is 6.51. The van der Waals surface area contributed by atoms with Gasteiger partial charge in [0.05, 0.1) is 0 Å². The van der Waals surface area contributed by atoms with E-state index in [0.29, 0.717) is 11.9 Å². The van der Waals surface area contributed by atoms with Crippen molar-refractivity contribution in [1.29, 1.82) is 0 Å². The molecule has 0 N–H and O–H groups in total. The van der Waals surface area contributed by atoms with Crippen molar-refractivity contribution in [2.45, 2.75) is 0 Å². The first-order chi connectivity index (χ1) is 5.93. The van der Waals surface area contributed by atoms with Crippen molar-refractivity contribution < 1.29 is 0 Å². The van der Waals surface area contributed by atoms with Crippen LogP contribution in [0.3, 0.4) is 0 Å². The molecule has 0 spiro atoms. The molecular weight excluding hydrogens is 156 g/mol. The van der Waals surface area contributed by atoms with Gasteiger partial charge in [0.15, 0.2) is 0 Å². The molecule has 0 saturated carbocycles. The number of aromatic nitrogens is 4. The molecule has 0 aromatic carbocycles. The van der Waals surface area contributed by atoms with Gasteiger partial charge in [-0.3, -0.25) is 0 Å². The Kier molecular flexibility index (Phi) is 1.03. The van der Waals surface area contributed by atoms with E-state index in [9.17, 15) is 0 Å². The zero-order valence-corrected chi connectivity index (χ0v) is 6.51. The smallest absolute Gasteiger partial charge is 0.265 e. The second-order valence-electron chi connectivity index (χ2n) is 2.97. The molecule has 0 radical (unpaired) electrons. The summed E-state index contributed by atoms with van der Waals surface area (Å²) in [4.78, 5) is 4.04. The molecule has 2 aliphatic heterocycles. The second-order valence-corrected chi connectivity index (χ2v) is 2.97. The van der Waals surface area contributed by atoms with Crippen LogP contribution in [0.4, 0.5) is 11.9 Å². The second kappa shape index (κ2) is 2.02. The van der Waals surface area contributed by atoms with Gasteiger partial charge in [0.1, 0.15) is 0 Å². The summed E-state index contributed by atoms with van der Waals surface area (Å²) in [6.07, 6.45) is 0. The monoisotopic (exact) mass is 164 g/mol. The summed E-state index contributed by atoms with van der Waals surface area (Å²) in [5.74, 6) is 1.31. The van der Waals surface area contributed by atoms with Crippen LogP contribution in [0.25, 0.3) is 0 Å². The summed E-state index contributed by atoms with van der Waals surface area (Å²) >= 11 is 0. The molecule has 12 heavy (non-hydrogen) atoms. The molecule has 0 unspecified atom stereocenters. The van der Waals surface area contributed by atoms with Crippen molar-refractivity contribution in [2.24, 2.45) is 0 Å². The molecule has 2 fully saturated rings. The average molecular weight is 164 g/mol. The van der Waals surface area contributed by atoms with E-state index in [0.717, 1.165) is 26.2 Å². The van der Waals surface area contributed by atoms with E-state index in [2.05, 4.69) is 20.4 Å². The number of hydrogen-bond acceptors (Lipinski definition) is 6. The summed E-state index contributed by atoms with van der Waals surface area (Å²) in [5.41, 5.74) is 0. The quantitative estimate of drug-likeness (QED) is 0.517. The van der Waals surface area contributed by atoms with Crippen molar-refractivity contribution >= 4 is 11.9 Å². The maximum Gasteiger partial charge on any atom is 0.265 e. The van der Waals surface area contributed by atoms with E-state index in [-0.39, 0.29) is 0 Å². The normalized spacial score (nSPS) is 19.7. The third-order valence-electron chi connectivity index (χ3n) is 1.92. The van der Waals surface area contributed by atoms with Crippen LogP contribution in [0.1, 0.15) is 0 Å². The lowest BCUT2D eigenvalue weighted by atomic mass is 10.9. The molecule has 0 atom stereocenters. The molecule has 3 rings (SSSR count). The minimum Gasteiger partial charge on any atom is -0.335 e. The standard InChI is InChI=1S/C6H8N6/c1-2-11(1)5-7-9-6(10-8-5)12-3-4-12/h1-4H2. The van der Waals surface area contributed by atoms with E-state index in [1.807, 2.05) is 9.80 Å². The number of hydrogen-bond donors (Lipinski definition) is 0. The minimum atomic E-state index is 0.653. The van der Waals surface area contributed by atoms with Crippen LogP contribution in [0.5, 0.6) is 0 Å². The molecule has 0 aliphatic carbocycles. The molecule has 1 aromatic rings. The van der Waals surface area contributed by atoms with Crippen molar-refractivity contribution in [3.05, 3.63) is 0 Å². The van der Waals surface area contributed by atoms with Gasteiger partial charge in [0, 0.05) is 26.2 Å². The van der Waals surface area contributed by atoms with Gasteiger partial charge in [0.25, 0.3) is 11.9 Å². The Balaban J connectivity index is 1.86. The minimum absolute atomic E-state index is 0.653. The largest absolute Gasteiger partial charge is 0.335 e. The number of rotatable bonds is 2. The van der Waals surface area contributed by atoms with Gasteiger partial charge in [-0.05, 0) is 0 Å². The fourth-order valence-corrected chi connectivity index (χ4v) is 0.972. The molecule has 62 valence electrons. The maximum absolute atomic E-state index is 3.96. The van der Waals surface area contributed by atoms with E-state index in [4.69, 9.17) is 0 Å². The predicted molar refractivity (Wildman–Crippen MR) is 42.0 cm³/mol.